The monoisotopic (exact) mass is 212 g/mol. The normalized spacial score (nSPS) is 21.7. The molecule has 0 saturated carbocycles. The third-order valence-corrected chi connectivity index (χ3v) is 2.43. The van der Waals surface area contributed by atoms with Crippen molar-refractivity contribution in [3.05, 3.63) is 29.8 Å². The van der Waals surface area contributed by atoms with Crippen LogP contribution >= 0.6 is 11.6 Å². The summed E-state index contributed by atoms with van der Waals surface area (Å²) in [7, 11) is 0. The van der Waals surface area contributed by atoms with Gasteiger partial charge in [-0.3, -0.25) is 0 Å². The Morgan fingerprint density at radius 2 is 2.14 bits per heavy atom. The van der Waals surface area contributed by atoms with Crippen molar-refractivity contribution in [3.63, 3.8) is 0 Å². The summed E-state index contributed by atoms with van der Waals surface area (Å²) in [5, 5.41) is 0.0517. The van der Waals surface area contributed by atoms with Crippen molar-refractivity contribution >= 4 is 11.6 Å². The minimum absolute atomic E-state index is 0.0517. The lowest BCUT2D eigenvalue weighted by atomic mass is 10.2. The maximum absolute atomic E-state index is 5.93. The molecule has 1 aromatic carbocycles. The molecular formula is C11H13ClO2. The van der Waals surface area contributed by atoms with E-state index in [2.05, 4.69) is 0 Å². The first-order valence-electron chi connectivity index (χ1n) is 4.74. The number of benzene rings is 1. The Kier molecular flexibility index (Phi) is 2.94. The summed E-state index contributed by atoms with van der Waals surface area (Å²) in [5.41, 5.74) is 1.11. The summed E-state index contributed by atoms with van der Waals surface area (Å²) in [4.78, 5) is 0. The van der Waals surface area contributed by atoms with Gasteiger partial charge in [0.25, 0.3) is 0 Å². The molecule has 2 atom stereocenters. The highest BCUT2D eigenvalue weighted by Gasteiger charge is 2.22. The van der Waals surface area contributed by atoms with Crippen LogP contribution in [-0.2, 0) is 4.74 Å². The predicted molar refractivity (Wildman–Crippen MR) is 55.9 cm³/mol. The van der Waals surface area contributed by atoms with Crippen molar-refractivity contribution in [1.82, 2.24) is 0 Å². The number of halogens is 1. The van der Waals surface area contributed by atoms with Crippen LogP contribution in [0.25, 0.3) is 0 Å². The fourth-order valence-electron chi connectivity index (χ4n) is 1.18. The largest absolute Gasteiger partial charge is 0.491 e. The molecule has 1 aliphatic rings. The Morgan fingerprint density at radius 3 is 2.64 bits per heavy atom. The highest BCUT2D eigenvalue weighted by Crippen LogP contribution is 2.22. The second kappa shape index (κ2) is 4.20. The molecule has 0 bridgehead atoms. The van der Waals surface area contributed by atoms with Crippen LogP contribution in [0.1, 0.15) is 17.9 Å². The Labute approximate surface area is 88.8 Å². The van der Waals surface area contributed by atoms with Gasteiger partial charge in [-0.1, -0.05) is 12.1 Å². The Balaban J connectivity index is 1.91. The number of ether oxygens (including phenoxy) is 2. The summed E-state index contributed by atoms with van der Waals surface area (Å²) >= 11 is 5.93. The minimum atomic E-state index is 0.0517. The molecule has 2 unspecified atom stereocenters. The highest BCUT2D eigenvalue weighted by atomic mass is 35.5. The van der Waals surface area contributed by atoms with Gasteiger partial charge >= 0.3 is 0 Å². The van der Waals surface area contributed by atoms with Crippen LogP contribution < -0.4 is 4.74 Å². The van der Waals surface area contributed by atoms with Crippen molar-refractivity contribution in [2.45, 2.75) is 18.4 Å². The average Bonchev–Trinajstić information content (AvgIpc) is 2.99. The molecule has 76 valence electrons. The first kappa shape index (κ1) is 9.81. The molecule has 14 heavy (non-hydrogen) atoms. The first-order valence-corrected chi connectivity index (χ1v) is 5.18. The quantitative estimate of drug-likeness (QED) is 0.566. The molecule has 1 fully saturated rings. The van der Waals surface area contributed by atoms with Crippen molar-refractivity contribution in [1.29, 1.82) is 0 Å². The van der Waals surface area contributed by atoms with Gasteiger partial charge in [0.2, 0.25) is 0 Å². The lowest BCUT2D eigenvalue weighted by Crippen LogP contribution is -2.03. The van der Waals surface area contributed by atoms with Gasteiger partial charge in [0.05, 0.1) is 12.0 Å². The van der Waals surface area contributed by atoms with Crippen LogP contribution in [0.4, 0.5) is 0 Å². The van der Waals surface area contributed by atoms with E-state index in [1.807, 2.05) is 31.2 Å². The van der Waals surface area contributed by atoms with E-state index in [0.29, 0.717) is 12.7 Å². The second-order valence-corrected chi connectivity index (χ2v) is 4.11. The van der Waals surface area contributed by atoms with Gasteiger partial charge in [-0.25, -0.2) is 0 Å². The number of rotatable bonds is 4. The van der Waals surface area contributed by atoms with Crippen LogP contribution in [0.3, 0.4) is 0 Å². The zero-order valence-electron chi connectivity index (χ0n) is 8.07. The second-order valence-electron chi connectivity index (χ2n) is 3.45. The maximum Gasteiger partial charge on any atom is 0.119 e. The molecule has 1 aromatic rings. The SMILES string of the molecule is CC(Cl)c1ccc(OCC2CO2)cc1. The third kappa shape index (κ3) is 2.63. The van der Waals surface area contributed by atoms with Gasteiger partial charge < -0.3 is 9.47 Å². The maximum atomic E-state index is 5.93. The Bertz CT molecular complexity index is 291. The third-order valence-electron chi connectivity index (χ3n) is 2.18. The molecule has 2 rings (SSSR count). The Morgan fingerprint density at radius 1 is 1.50 bits per heavy atom. The lowest BCUT2D eigenvalue weighted by Gasteiger charge is -2.06. The van der Waals surface area contributed by atoms with Crippen LogP contribution in [0.5, 0.6) is 5.75 Å². The van der Waals surface area contributed by atoms with Crippen molar-refractivity contribution in [3.8, 4) is 5.75 Å². The standard InChI is InChI=1S/C11H13ClO2/c1-8(12)9-2-4-10(5-3-9)13-6-11-7-14-11/h2-5,8,11H,6-7H2,1H3. The van der Waals surface area contributed by atoms with E-state index < -0.39 is 0 Å². The molecule has 0 aromatic heterocycles. The minimum Gasteiger partial charge on any atom is -0.491 e. The molecule has 0 aliphatic carbocycles. The summed E-state index contributed by atoms with van der Waals surface area (Å²) in [6.07, 6.45) is 0.307. The molecule has 1 heterocycles. The molecule has 0 N–H and O–H groups in total. The summed E-state index contributed by atoms with van der Waals surface area (Å²) in [5.74, 6) is 0.876. The van der Waals surface area contributed by atoms with Gasteiger partial charge in [-0.15, -0.1) is 11.6 Å². The van der Waals surface area contributed by atoms with E-state index >= 15 is 0 Å². The van der Waals surface area contributed by atoms with Gasteiger partial charge in [0, 0.05) is 0 Å². The van der Waals surface area contributed by atoms with Crippen molar-refractivity contribution < 1.29 is 9.47 Å². The fourth-order valence-corrected chi connectivity index (χ4v) is 1.33. The molecule has 0 spiro atoms. The molecule has 1 saturated heterocycles. The van der Waals surface area contributed by atoms with Gasteiger partial charge in [-0.05, 0) is 24.6 Å². The fraction of sp³-hybridized carbons (Fsp3) is 0.455. The van der Waals surface area contributed by atoms with Crippen molar-refractivity contribution in [2.24, 2.45) is 0 Å². The van der Waals surface area contributed by atoms with E-state index in [1.165, 1.54) is 0 Å². The zero-order chi connectivity index (χ0) is 9.97. The first-order chi connectivity index (χ1) is 6.75. The molecule has 0 radical (unpaired) electrons. The molecule has 3 heteroatoms. The van der Waals surface area contributed by atoms with Gasteiger partial charge in [-0.2, -0.15) is 0 Å². The average molecular weight is 213 g/mol. The number of epoxide rings is 1. The van der Waals surface area contributed by atoms with E-state index in [4.69, 9.17) is 21.1 Å². The van der Waals surface area contributed by atoms with Gasteiger partial charge in [0.15, 0.2) is 0 Å². The van der Waals surface area contributed by atoms with E-state index in [9.17, 15) is 0 Å². The summed E-state index contributed by atoms with van der Waals surface area (Å²) < 4.78 is 10.5. The van der Waals surface area contributed by atoms with Crippen LogP contribution in [-0.4, -0.2) is 19.3 Å². The highest BCUT2D eigenvalue weighted by molar-refractivity contribution is 6.20. The van der Waals surface area contributed by atoms with E-state index in [-0.39, 0.29) is 5.38 Å². The smallest absolute Gasteiger partial charge is 0.119 e. The predicted octanol–water partition coefficient (Wildman–Crippen LogP) is 2.76. The van der Waals surface area contributed by atoms with E-state index in [1.54, 1.807) is 0 Å². The van der Waals surface area contributed by atoms with E-state index in [0.717, 1.165) is 17.9 Å². The topological polar surface area (TPSA) is 21.8 Å². The zero-order valence-corrected chi connectivity index (χ0v) is 8.83. The van der Waals surface area contributed by atoms with Crippen molar-refractivity contribution in [2.75, 3.05) is 13.2 Å². The summed E-state index contributed by atoms with van der Waals surface area (Å²) in [6, 6.07) is 7.86. The van der Waals surface area contributed by atoms with Crippen LogP contribution in [0.15, 0.2) is 24.3 Å². The lowest BCUT2D eigenvalue weighted by molar-refractivity contribution is 0.263. The molecule has 1 aliphatic heterocycles. The molecular weight excluding hydrogens is 200 g/mol. The Hall–Kier alpha value is -0.730. The number of hydrogen-bond donors (Lipinski definition) is 0. The number of hydrogen-bond acceptors (Lipinski definition) is 2. The van der Waals surface area contributed by atoms with Gasteiger partial charge in [0.1, 0.15) is 18.5 Å². The summed E-state index contributed by atoms with van der Waals surface area (Å²) in [6.45, 7) is 3.43. The van der Waals surface area contributed by atoms with Crippen LogP contribution in [0.2, 0.25) is 0 Å². The van der Waals surface area contributed by atoms with Crippen LogP contribution in [0, 0.1) is 0 Å². The molecule has 2 nitrogen and oxygen atoms in total. The number of alkyl halides is 1. The molecule has 0 amide bonds.